The first kappa shape index (κ1) is 22.6. The van der Waals surface area contributed by atoms with Gasteiger partial charge in [-0.25, -0.2) is 0 Å². The number of hydrogen-bond acceptors (Lipinski definition) is 3. The van der Waals surface area contributed by atoms with Gasteiger partial charge in [0.2, 0.25) is 0 Å². The maximum Gasteiger partial charge on any atom is 0.312 e. The fourth-order valence-electron chi connectivity index (χ4n) is 11.6. The van der Waals surface area contributed by atoms with Gasteiger partial charge in [0.15, 0.2) is 0 Å². The molecule has 1 saturated heterocycles. The molecule has 2 bridgehead atoms. The van der Waals surface area contributed by atoms with E-state index in [4.69, 9.17) is 4.74 Å². The highest BCUT2D eigenvalue weighted by molar-refractivity contribution is 5.85. The molecule has 0 aromatic heterocycles. The molecule has 0 unspecified atom stereocenters. The van der Waals surface area contributed by atoms with E-state index in [0.717, 1.165) is 32.1 Å². The first-order chi connectivity index (χ1) is 15.2. The monoisotopic (exact) mass is 454 g/mol. The molecule has 1 aliphatic heterocycles. The van der Waals surface area contributed by atoms with Crippen LogP contribution in [0.4, 0.5) is 0 Å². The van der Waals surface area contributed by atoms with Crippen LogP contribution in [0.3, 0.4) is 0 Å². The number of hydrogen-bond donors (Lipinski definition) is 0. The van der Waals surface area contributed by atoms with Gasteiger partial charge in [0.05, 0.1) is 5.41 Å². The second kappa shape index (κ2) is 6.28. The number of Topliss-reactive ketones (excluding diaryl/α,β-unsaturated/α-hetero) is 1. The van der Waals surface area contributed by atoms with Gasteiger partial charge in [0, 0.05) is 23.2 Å². The van der Waals surface area contributed by atoms with Crippen LogP contribution < -0.4 is 0 Å². The summed E-state index contributed by atoms with van der Waals surface area (Å²) in [6.07, 6.45) is 11.2. The molecular weight excluding hydrogens is 408 g/mol. The number of rotatable bonds is 0. The lowest BCUT2D eigenvalue weighted by Crippen LogP contribution is -2.67. The maximum atomic E-state index is 13.3. The van der Waals surface area contributed by atoms with Crippen molar-refractivity contribution >= 4 is 11.8 Å². The average Bonchev–Trinajstić information content (AvgIpc) is 2.99. The second-order valence-corrected chi connectivity index (χ2v) is 15.3. The van der Waals surface area contributed by atoms with Crippen molar-refractivity contribution in [2.75, 3.05) is 0 Å². The summed E-state index contributed by atoms with van der Waals surface area (Å²) >= 11 is 0. The Bertz CT molecular complexity index is 918. The van der Waals surface area contributed by atoms with Crippen LogP contribution in [0.15, 0.2) is 0 Å². The lowest BCUT2D eigenvalue weighted by Gasteiger charge is -2.72. The van der Waals surface area contributed by atoms with Gasteiger partial charge in [-0.2, -0.15) is 0 Å². The number of ketones is 1. The Labute approximate surface area is 201 Å². The standard InChI is InChI=1S/C30H46O3/c1-25(2)14-16-30-17-15-28(6)18(22(30)23(25)33-24(30)32)8-9-20-27(5)12-11-21(31)26(3,4)19(27)10-13-29(20,28)7/h18-20,22-23H,8-17H2,1-7H3/t18-,19+,20-,22-,23+,27-,28+,29+,30-/m0/s1. The summed E-state index contributed by atoms with van der Waals surface area (Å²) in [6.45, 7) is 17.0. The minimum absolute atomic E-state index is 0.0910. The molecule has 0 amide bonds. The lowest BCUT2D eigenvalue weighted by atomic mass is 9.31. The van der Waals surface area contributed by atoms with Crippen LogP contribution in [-0.2, 0) is 14.3 Å². The molecule has 6 rings (SSSR count). The van der Waals surface area contributed by atoms with Gasteiger partial charge in [-0.1, -0.05) is 48.5 Å². The molecule has 33 heavy (non-hydrogen) atoms. The van der Waals surface area contributed by atoms with E-state index in [1.807, 2.05) is 0 Å². The molecule has 5 saturated carbocycles. The maximum absolute atomic E-state index is 13.3. The van der Waals surface area contributed by atoms with E-state index >= 15 is 0 Å². The molecule has 3 heteroatoms. The highest BCUT2D eigenvalue weighted by atomic mass is 16.6. The summed E-state index contributed by atoms with van der Waals surface area (Å²) in [5.41, 5.74) is 0.494. The zero-order chi connectivity index (χ0) is 23.8. The molecule has 0 spiro atoms. The fraction of sp³-hybridized carbons (Fsp3) is 0.933. The smallest absolute Gasteiger partial charge is 0.312 e. The van der Waals surface area contributed by atoms with Crippen molar-refractivity contribution in [1.82, 2.24) is 0 Å². The highest BCUT2D eigenvalue weighted by Crippen LogP contribution is 2.77. The van der Waals surface area contributed by atoms with Crippen molar-refractivity contribution in [1.29, 1.82) is 0 Å². The molecule has 0 aromatic rings. The van der Waals surface area contributed by atoms with Crippen LogP contribution in [0.5, 0.6) is 0 Å². The Morgan fingerprint density at radius 2 is 1.42 bits per heavy atom. The highest BCUT2D eigenvalue weighted by Gasteiger charge is 2.75. The van der Waals surface area contributed by atoms with Crippen molar-refractivity contribution in [3.8, 4) is 0 Å². The van der Waals surface area contributed by atoms with E-state index in [-0.39, 0.29) is 44.6 Å². The third kappa shape index (κ3) is 2.39. The van der Waals surface area contributed by atoms with Crippen LogP contribution >= 0.6 is 0 Å². The molecule has 0 radical (unpaired) electrons. The van der Waals surface area contributed by atoms with Crippen molar-refractivity contribution in [3.05, 3.63) is 0 Å². The van der Waals surface area contributed by atoms with E-state index in [2.05, 4.69) is 48.5 Å². The van der Waals surface area contributed by atoms with E-state index in [1.165, 1.54) is 32.1 Å². The van der Waals surface area contributed by atoms with Gasteiger partial charge in [0.25, 0.3) is 0 Å². The summed E-state index contributed by atoms with van der Waals surface area (Å²) < 4.78 is 6.27. The largest absolute Gasteiger partial charge is 0.461 e. The van der Waals surface area contributed by atoms with Crippen LogP contribution in [0, 0.1) is 56.2 Å². The predicted octanol–water partition coefficient (Wildman–Crippen LogP) is 6.97. The van der Waals surface area contributed by atoms with Crippen molar-refractivity contribution < 1.29 is 14.3 Å². The first-order valence-electron chi connectivity index (χ1n) is 14.0. The topological polar surface area (TPSA) is 43.4 Å². The van der Waals surface area contributed by atoms with Crippen LogP contribution in [-0.4, -0.2) is 17.9 Å². The number of esters is 1. The van der Waals surface area contributed by atoms with E-state index < -0.39 is 0 Å². The Balaban J connectivity index is 1.42. The Hall–Kier alpha value is -0.860. The van der Waals surface area contributed by atoms with E-state index in [1.54, 1.807) is 0 Å². The zero-order valence-electron chi connectivity index (χ0n) is 22.2. The van der Waals surface area contributed by atoms with E-state index in [9.17, 15) is 9.59 Å². The van der Waals surface area contributed by atoms with Crippen molar-refractivity contribution in [2.45, 2.75) is 119 Å². The summed E-state index contributed by atoms with van der Waals surface area (Å²) in [7, 11) is 0. The van der Waals surface area contributed by atoms with Crippen LogP contribution in [0.2, 0.25) is 0 Å². The summed E-state index contributed by atoms with van der Waals surface area (Å²) in [5.74, 6) is 2.80. The van der Waals surface area contributed by atoms with Crippen LogP contribution in [0.25, 0.3) is 0 Å². The van der Waals surface area contributed by atoms with Crippen LogP contribution in [0.1, 0.15) is 113 Å². The van der Waals surface area contributed by atoms with Crippen molar-refractivity contribution in [3.63, 3.8) is 0 Å². The summed E-state index contributed by atoms with van der Waals surface area (Å²) in [4.78, 5) is 26.3. The number of carbonyl (C=O) groups excluding carboxylic acids is 2. The number of fused-ring (bicyclic) bond motifs is 5. The molecule has 1 heterocycles. The van der Waals surface area contributed by atoms with Gasteiger partial charge in [-0.15, -0.1) is 0 Å². The minimum atomic E-state index is -0.200. The van der Waals surface area contributed by atoms with Gasteiger partial charge in [0.1, 0.15) is 11.9 Å². The Kier molecular flexibility index (Phi) is 4.30. The molecule has 6 fully saturated rings. The van der Waals surface area contributed by atoms with Gasteiger partial charge in [-0.05, 0) is 91.8 Å². The lowest BCUT2D eigenvalue weighted by molar-refractivity contribution is -0.239. The molecule has 5 aliphatic carbocycles. The fourth-order valence-corrected chi connectivity index (χ4v) is 11.6. The normalized spacial score (nSPS) is 56.2. The third-order valence-corrected chi connectivity index (χ3v) is 13.8. The SMILES string of the molecule is CC1(C)CC[C@]23CC[C@]4(C)[C@@H](CC[C@H]5[C@@]6(C)CCC(=O)C(C)(C)[C@H]6CC[C@]54C)[C@H]2[C@H]1OC3=O. The minimum Gasteiger partial charge on any atom is -0.461 e. The Morgan fingerprint density at radius 3 is 2.15 bits per heavy atom. The molecule has 6 aliphatic rings. The molecule has 3 nitrogen and oxygen atoms in total. The molecular formula is C30H46O3. The third-order valence-electron chi connectivity index (χ3n) is 13.8. The molecule has 9 atom stereocenters. The first-order valence-corrected chi connectivity index (χ1v) is 14.0. The van der Waals surface area contributed by atoms with E-state index in [0.29, 0.717) is 29.5 Å². The average molecular weight is 455 g/mol. The predicted molar refractivity (Wildman–Crippen MR) is 129 cm³/mol. The quantitative estimate of drug-likeness (QED) is 0.371. The zero-order valence-corrected chi connectivity index (χ0v) is 22.2. The van der Waals surface area contributed by atoms with Gasteiger partial charge >= 0.3 is 5.97 Å². The molecule has 0 aromatic carbocycles. The number of ether oxygens (including phenoxy) is 1. The number of carbonyl (C=O) groups is 2. The Morgan fingerprint density at radius 1 is 0.727 bits per heavy atom. The second-order valence-electron chi connectivity index (χ2n) is 15.3. The van der Waals surface area contributed by atoms with Crippen molar-refractivity contribution in [2.24, 2.45) is 56.2 Å². The molecule has 0 N–H and O–H groups in total. The summed E-state index contributed by atoms with van der Waals surface area (Å²) in [6, 6.07) is 0. The summed E-state index contributed by atoms with van der Waals surface area (Å²) in [5, 5.41) is 0. The van der Waals surface area contributed by atoms with Gasteiger partial charge < -0.3 is 4.74 Å². The molecule has 184 valence electrons. The van der Waals surface area contributed by atoms with Gasteiger partial charge in [-0.3, -0.25) is 9.59 Å².